The molecule has 19 heavy (non-hydrogen) atoms. The molecule has 0 bridgehead atoms. The Morgan fingerprint density at radius 2 is 1.95 bits per heavy atom. The molecule has 2 N–H and O–H groups in total. The fourth-order valence-corrected chi connectivity index (χ4v) is 2.43. The summed E-state index contributed by atoms with van der Waals surface area (Å²) in [6.45, 7) is 8.80. The second-order valence-electron chi connectivity index (χ2n) is 6.09. The van der Waals surface area contributed by atoms with E-state index in [4.69, 9.17) is 0 Å². The van der Waals surface area contributed by atoms with Gasteiger partial charge in [0.25, 0.3) is 0 Å². The summed E-state index contributed by atoms with van der Waals surface area (Å²) in [5.74, 6) is 1.51. The van der Waals surface area contributed by atoms with Crippen molar-refractivity contribution in [2.24, 2.45) is 5.92 Å². The van der Waals surface area contributed by atoms with E-state index in [2.05, 4.69) is 61.4 Å². The van der Waals surface area contributed by atoms with Crippen molar-refractivity contribution >= 4 is 10.9 Å². The van der Waals surface area contributed by atoms with Crippen LogP contribution in [0.2, 0.25) is 0 Å². The summed E-state index contributed by atoms with van der Waals surface area (Å²) in [5.41, 5.74) is 2.65. The minimum absolute atomic E-state index is 0. The molecule has 1 fully saturated rings. The van der Waals surface area contributed by atoms with E-state index in [0.29, 0.717) is 5.92 Å². The summed E-state index contributed by atoms with van der Waals surface area (Å²) in [5, 5.41) is 4.79. The summed E-state index contributed by atoms with van der Waals surface area (Å²) >= 11 is 0. The third-order valence-corrected chi connectivity index (χ3v) is 3.29. The number of rotatable bonds is 1. The summed E-state index contributed by atoms with van der Waals surface area (Å²) < 4.78 is 0. The molecule has 0 aliphatic carbocycles. The van der Waals surface area contributed by atoms with E-state index >= 15 is 0 Å². The van der Waals surface area contributed by atoms with Gasteiger partial charge in [-0.1, -0.05) is 39.0 Å². The van der Waals surface area contributed by atoms with Crippen LogP contribution in [0, 0.1) is 5.92 Å². The number of aromatic amines is 1. The molecule has 1 aromatic carbocycles. The van der Waals surface area contributed by atoms with Crippen LogP contribution in [-0.2, 0) is 0 Å². The van der Waals surface area contributed by atoms with Gasteiger partial charge in [0.1, 0.15) is 0 Å². The molecule has 1 aliphatic rings. The molecular weight excluding hydrogens is 232 g/mol. The van der Waals surface area contributed by atoms with Crippen LogP contribution in [0.15, 0.2) is 30.3 Å². The maximum absolute atomic E-state index is 3.53. The molecule has 1 aliphatic heterocycles. The average molecular weight is 260 g/mol. The quantitative estimate of drug-likeness (QED) is 0.774. The third-order valence-electron chi connectivity index (χ3n) is 3.29. The van der Waals surface area contributed by atoms with Crippen molar-refractivity contribution < 1.29 is 1.43 Å². The average Bonchev–Trinajstić information content (AvgIpc) is 2.83. The number of piperidine rings is 1. The molecule has 1 unspecified atom stereocenters. The first kappa shape index (κ1) is 14.1. The first-order valence-electron chi connectivity index (χ1n) is 7.45. The summed E-state index contributed by atoms with van der Waals surface area (Å²) in [6.07, 6.45) is 2.60. The summed E-state index contributed by atoms with van der Waals surface area (Å²) in [7, 11) is 0. The lowest BCUT2D eigenvalue weighted by atomic mass is 9.96. The molecule has 2 nitrogen and oxygen atoms in total. The molecule has 2 aromatic rings. The predicted molar refractivity (Wildman–Crippen MR) is 85.8 cm³/mol. The van der Waals surface area contributed by atoms with E-state index in [-0.39, 0.29) is 1.43 Å². The van der Waals surface area contributed by atoms with Crippen molar-refractivity contribution in [3.63, 3.8) is 0 Å². The van der Waals surface area contributed by atoms with Gasteiger partial charge in [0, 0.05) is 25.1 Å². The molecule has 1 aromatic heterocycles. The lowest BCUT2D eigenvalue weighted by Gasteiger charge is -2.21. The second-order valence-corrected chi connectivity index (χ2v) is 6.09. The van der Waals surface area contributed by atoms with E-state index in [9.17, 15) is 0 Å². The highest BCUT2D eigenvalue weighted by Crippen LogP contribution is 2.25. The van der Waals surface area contributed by atoms with Gasteiger partial charge in [-0.15, -0.1) is 0 Å². The van der Waals surface area contributed by atoms with Crippen molar-refractivity contribution in [2.75, 3.05) is 13.1 Å². The lowest BCUT2D eigenvalue weighted by Crippen LogP contribution is -2.28. The van der Waals surface area contributed by atoms with Crippen LogP contribution in [-0.4, -0.2) is 18.1 Å². The van der Waals surface area contributed by atoms with Crippen LogP contribution in [0.5, 0.6) is 0 Å². The van der Waals surface area contributed by atoms with Crippen LogP contribution in [0.1, 0.15) is 46.7 Å². The maximum atomic E-state index is 3.53. The maximum Gasteiger partial charge on any atom is 0.0456 e. The monoisotopic (exact) mass is 260 g/mol. The van der Waals surface area contributed by atoms with Crippen LogP contribution in [0.25, 0.3) is 10.9 Å². The fourth-order valence-electron chi connectivity index (χ4n) is 2.43. The SMILES string of the molecule is CC(C)C.[HH].c1ccc2[nH]c(C3CCCNC3)cc2c1. The Bertz CT molecular complexity index is 463. The number of hydrogen-bond donors (Lipinski definition) is 2. The van der Waals surface area contributed by atoms with Crippen LogP contribution >= 0.6 is 0 Å². The third kappa shape index (κ3) is 4.10. The topological polar surface area (TPSA) is 27.8 Å². The molecule has 1 saturated heterocycles. The molecule has 106 valence electrons. The van der Waals surface area contributed by atoms with Gasteiger partial charge in [-0.2, -0.15) is 0 Å². The molecule has 2 heteroatoms. The molecule has 0 spiro atoms. The number of aromatic nitrogens is 1. The van der Waals surface area contributed by atoms with Gasteiger partial charge < -0.3 is 10.3 Å². The molecule has 0 radical (unpaired) electrons. The molecule has 3 rings (SSSR count). The Labute approximate surface area is 118 Å². The second kappa shape index (κ2) is 6.76. The van der Waals surface area contributed by atoms with Crippen molar-refractivity contribution in [1.29, 1.82) is 0 Å². The Hall–Kier alpha value is -1.28. The first-order valence-corrected chi connectivity index (χ1v) is 7.45. The van der Waals surface area contributed by atoms with Gasteiger partial charge >= 0.3 is 0 Å². The highest BCUT2D eigenvalue weighted by molar-refractivity contribution is 5.80. The number of fused-ring (bicyclic) bond motifs is 1. The normalized spacial score (nSPS) is 19.3. The number of hydrogen-bond acceptors (Lipinski definition) is 1. The van der Waals surface area contributed by atoms with E-state index < -0.39 is 0 Å². The molecule has 0 amide bonds. The van der Waals surface area contributed by atoms with Crippen LogP contribution < -0.4 is 5.32 Å². The van der Waals surface area contributed by atoms with Crippen molar-refractivity contribution in [2.45, 2.75) is 39.5 Å². The zero-order valence-corrected chi connectivity index (χ0v) is 12.4. The zero-order valence-electron chi connectivity index (χ0n) is 12.4. The fraction of sp³-hybridized carbons (Fsp3) is 0.529. The first-order chi connectivity index (χ1) is 9.16. The van der Waals surface area contributed by atoms with Gasteiger partial charge in [-0.05, 0) is 42.8 Å². The van der Waals surface area contributed by atoms with Crippen LogP contribution in [0.4, 0.5) is 0 Å². The van der Waals surface area contributed by atoms with Crippen molar-refractivity contribution in [3.8, 4) is 0 Å². The van der Waals surface area contributed by atoms with E-state index in [1.54, 1.807) is 0 Å². The predicted octanol–water partition coefficient (Wildman–Crippen LogP) is 4.54. The summed E-state index contributed by atoms with van der Waals surface area (Å²) in [4.78, 5) is 3.53. The van der Waals surface area contributed by atoms with Crippen molar-refractivity contribution in [1.82, 2.24) is 10.3 Å². The summed E-state index contributed by atoms with van der Waals surface area (Å²) in [6, 6.07) is 10.8. The Morgan fingerprint density at radius 3 is 2.58 bits per heavy atom. The lowest BCUT2D eigenvalue weighted by molar-refractivity contribution is 0.456. The minimum atomic E-state index is 0. The highest BCUT2D eigenvalue weighted by atomic mass is 14.9. The van der Waals surface area contributed by atoms with Gasteiger partial charge in [0.05, 0.1) is 0 Å². The van der Waals surface area contributed by atoms with Gasteiger partial charge in [-0.25, -0.2) is 0 Å². The molecular formula is C17H28N2. The molecule has 1 atom stereocenters. The number of para-hydroxylation sites is 1. The Balaban J connectivity index is 0.000000359. The number of nitrogens with one attached hydrogen (secondary N) is 2. The highest BCUT2D eigenvalue weighted by Gasteiger charge is 2.16. The molecule has 2 heterocycles. The standard InChI is InChI=1S/C13H16N2.C4H10.H2/c1-2-6-12-10(4-1)8-13(15-12)11-5-3-7-14-9-11;1-4(2)3;/h1-2,4,6,8,11,14-15H,3,5,7,9H2;4H,1-3H3;1H. The van der Waals surface area contributed by atoms with Gasteiger partial charge in [0.2, 0.25) is 0 Å². The largest absolute Gasteiger partial charge is 0.358 e. The molecule has 0 saturated carbocycles. The number of benzene rings is 1. The van der Waals surface area contributed by atoms with E-state index in [0.717, 1.165) is 12.5 Å². The smallest absolute Gasteiger partial charge is 0.0456 e. The van der Waals surface area contributed by atoms with Gasteiger partial charge in [-0.3, -0.25) is 0 Å². The number of H-pyrrole nitrogens is 1. The van der Waals surface area contributed by atoms with Crippen LogP contribution in [0.3, 0.4) is 0 Å². The van der Waals surface area contributed by atoms with E-state index in [1.807, 2.05) is 0 Å². The Kier molecular flexibility index (Phi) is 5.03. The van der Waals surface area contributed by atoms with Crippen molar-refractivity contribution in [3.05, 3.63) is 36.0 Å². The Morgan fingerprint density at radius 1 is 1.21 bits per heavy atom. The minimum Gasteiger partial charge on any atom is -0.358 e. The van der Waals surface area contributed by atoms with E-state index in [1.165, 1.54) is 36.0 Å². The zero-order chi connectivity index (χ0) is 13.7. The van der Waals surface area contributed by atoms with Gasteiger partial charge in [0.15, 0.2) is 0 Å².